The van der Waals surface area contributed by atoms with Crippen LogP contribution in [-0.2, 0) is 0 Å². The van der Waals surface area contributed by atoms with Gasteiger partial charge in [0.1, 0.15) is 0 Å². The van der Waals surface area contributed by atoms with Crippen LogP contribution in [0.3, 0.4) is 0 Å². The van der Waals surface area contributed by atoms with Crippen LogP contribution >= 0.6 is 25.0 Å². The molecule has 0 bridgehead atoms. The molecule has 0 fully saturated rings. The third-order valence-corrected chi connectivity index (χ3v) is 0. The normalized spacial score (nSPS) is 4.50. The fourth-order valence-electron chi connectivity index (χ4n) is 0. The van der Waals surface area contributed by atoms with Crippen LogP contribution in [0.1, 0.15) is 0 Å². The molecule has 0 saturated carbocycles. The number of halogens is 1. The molecule has 0 aromatic heterocycles. The Morgan fingerprint density at radius 1 is 1.75 bits per heavy atom. The number of nitrogens with two attached hydrogens (primary N) is 1. The molecule has 0 aliphatic carbocycles. The lowest BCUT2D eigenvalue weighted by atomic mass is 11.6. The second kappa shape index (κ2) is 9.51. The summed E-state index contributed by atoms with van der Waals surface area (Å²) in [5, 5.41) is 0. The molecule has 28 valence electrons. The van der Waals surface area contributed by atoms with Gasteiger partial charge in [0.25, 0.3) is 0 Å². The van der Waals surface area contributed by atoms with Gasteiger partial charge in [0, 0.05) is 5.88 Å². The van der Waals surface area contributed by atoms with Crippen LogP contribution in [-0.4, -0.2) is 5.88 Å². The summed E-state index contributed by atoms with van der Waals surface area (Å²) in [6.07, 6.45) is 0. The summed E-state index contributed by atoms with van der Waals surface area (Å²) in [5.74, 6) is 0.444. The van der Waals surface area contributed by atoms with E-state index in [1.807, 2.05) is 0 Å². The van der Waals surface area contributed by atoms with Gasteiger partial charge in [-0.15, -0.1) is 12.4 Å². The molecule has 2 N–H and O–H groups in total. The molecule has 0 spiro atoms. The summed E-state index contributed by atoms with van der Waals surface area (Å²) in [6, 6.07) is 0. The predicted octanol–water partition coefficient (Wildman–Crippen LogP) is 0.254. The van der Waals surface area contributed by atoms with E-state index in [2.05, 4.69) is 12.6 Å². The van der Waals surface area contributed by atoms with E-state index in [-0.39, 0.29) is 12.4 Å². The van der Waals surface area contributed by atoms with Crippen molar-refractivity contribution in [1.82, 2.24) is 0 Å². The highest BCUT2D eigenvalue weighted by Gasteiger charge is 1.32. The first-order valence-electron chi connectivity index (χ1n) is 0.724. The minimum Gasteiger partial charge on any atom is -0.322 e. The van der Waals surface area contributed by atoms with Crippen molar-refractivity contribution < 1.29 is 0 Å². The standard InChI is InChI=1S/CH5NS.ClH/c2-1-3;/h3H,1-2H2;1H. The minimum atomic E-state index is 0. The average molecular weight is 99.6 g/mol. The molecule has 0 aliphatic heterocycles. The van der Waals surface area contributed by atoms with Gasteiger partial charge in [-0.3, -0.25) is 0 Å². The summed E-state index contributed by atoms with van der Waals surface area (Å²) >= 11 is 3.57. The predicted molar refractivity (Wildman–Crippen MR) is 25.3 cm³/mol. The molecule has 1 nitrogen and oxygen atoms in total. The van der Waals surface area contributed by atoms with Crippen LogP contribution in [0.5, 0.6) is 0 Å². The topological polar surface area (TPSA) is 26.0 Å². The Kier molecular flexibility index (Phi) is 21.0. The molecule has 4 heavy (non-hydrogen) atoms. The molecule has 0 aromatic rings. The van der Waals surface area contributed by atoms with Crippen molar-refractivity contribution in [2.24, 2.45) is 5.73 Å². The molecule has 0 aromatic carbocycles. The Labute approximate surface area is 37.4 Å². The van der Waals surface area contributed by atoms with Gasteiger partial charge in [-0.05, 0) is 0 Å². The van der Waals surface area contributed by atoms with Crippen LogP contribution in [0.25, 0.3) is 0 Å². The Hall–Kier alpha value is 0.600. The van der Waals surface area contributed by atoms with Gasteiger partial charge in [0.05, 0.1) is 0 Å². The first kappa shape index (κ1) is 8.82. The second-order valence-electron chi connectivity index (χ2n) is 0.183. The van der Waals surface area contributed by atoms with Gasteiger partial charge in [-0.2, -0.15) is 12.6 Å². The molecule has 3 heteroatoms. The number of hydrogen-bond donors (Lipinski definition) is 2. The first-order valence-corrected chi connectivity index (χ1v) is 1.36. The quantitative estimate of drug-likeness (QED) is 0.331. The monoisotopic (exact) mass is 99.0 g/mol. The highest BCUT2D eigenvalue weighted by molar-refractivity contribution is 7.80. The lowest BCUT2D eigenvalue weighted by Crippen LogP contribution is -1.83. The fraction of sp³-hybridized carbons (Fsp3) is 1.00. The van der Waals surface area contributed by atoms with E-state index < -0.39 is 0 Å². The number of thiol groups is 1. The van der Waals surface area contributed by atoms with Crippen molar-refractivity contribution in [2.45, 2.75) is 0 Å². The van der Waals surface area contributed by atoms with Crippen LogP contribution < -0.4 is 5.73 Å². The van der Waals surface area contributed by atoms with Crippen molar-refractivity contribution in [3.8, 4) is 0 Å². The molecule has 0 atom stereocenters. The van der Waals surface area contributed by atoms with Crippen LogP contribution in [0.2, 0.25) is 0 Å². The van der Waals surface area contributed by atoms with Crippen molar-refractivity contribution >= 4 is 25.0 Å². The fourth-order valence-corrected chi connectivity index (χ4v) is 0. The first-order chi connectivity index (χ1) is 1.41. The van der Waals surface area contributed by atoms with Gasteiger partial charge in [0.15, 0.2) is 0 Å². The van der Waals surface area contributed by atoms with E-state index in [0.717, 1.165) is 0 Å². The summed E-state index contributed by atoms with van der Waals surface area (Å²) in [6.45, 7) is 0. The van der Waals surface area contributed by atoms with Gasteiger partial charge in [-0.1, -0.05) is 0 Å². The lowest BCUT2D eigenvalue weighted by Gasteiger charge is -1.53. The average Bonchev–Trinajstić information content (AvgIpc) is 0.918. The van der Waals surface area contributed by atoms with E-state index in [0.29, 0.717) is 5.88 Å². The third-order valence-electron chi connectivity index (χ3n) is 0. The molecule has 0 unspecified atom stereocenters. The molecule has 0 aliphatic rings. The Bertz CT molecular complexity index is 8.00. The van der Waals surface area contributed by atoms with E-state index in [1.165, 1.54) is 0 Å². The zero-order valence-electron chi connectivity index (χ0n) is 2.14. The second-order valence-corrected chi connectivity index (χ2v) is 0.548. The number of rotatable bonds is 0. The van der Waals surface area contributed by atoms with Crippen LogP contribution in [0.15, 0.2) is 0 Å². The lowest BCUT2D eigenvalue weighted by molar-refractivity contribution is 1.41. The summed E-state index contributed by atoms with van der Waals surface area (Å²) in [7, 11) is 0. The van der Waals surface area contributed by atoms with Crippen LogP contribution in [0.4, 0.5) is 0 Å². The van der Waals surface area contributed by atoms with Gasteiger partial charge in [-0.25, -0.2) is 0 Å². The Morgan fingerprint density at radius 2 is 1.75 bits per heavy atom. The van der Waals surface area contributed by atoms with E-state index in [9.17, 15) is 0 Å². The highest BCUT2D eigenvalue weighted by atomic mass is 35.5. The molecule has 0 rings (SSSR count). The van der Waals surface area contributed by atoms with Crippen molar-refractivity contribution in [2.75, 3.05) is 5.88 Å². The maximum absolute atomic E-state index is 4.71. The smallest absolute Gasteiger partial charge is 0.0362 e. The van der Waals surface area contributed by atoms with Crippen LogP contribution in [0, 0.1) is 0 Å². The Morgan fingerprint density at radius 3 is 1.75 bits per heavy atom. The van der Waals surface area contributed by atoms with E-state index in [4.69, 9.17) is 5.73 Å². The molecular formula is CH6ClNS. The maximum Gasteiger partial charge on any atom is 0.0362 e. The summed E-state index contributed by atoms with van der Waals surface area (Å²) < 4.78 is 0. The third kappa shape index (κ3) is 18.5. The molecular weight excluding hydrogens is 93.5 g/mol. The van der Waals surface area contributed by atoms with Crippen molar-refractivity contribution in [1.29, 1.82) is 0 Å². The summed E-state index contributed by atoms with van der Waals surface area (Å²) in [5.41, 5.74) is 4.71. The zero-order chi connectivity index (χ0) is 2.71. The largest absolute Gasteiger partial charge is 0.322 e. The van der Waals surface area contributed by atoms with E-state index in [1.54, 1.807) is 0 Å². The van der Waals surface area contributed by atoms with Gasteiger partial charge in [0.2, 0.25) is 0 Å². The summed E-state index contributed by atoms with van der Waals surface area (Å²) in [4.78, 5) is 0. The number of hydrogen-bond acceptors (Lipinski definition) is 2. The Balaban J connectivity index is 0. The SMILES string of the molecule is Cl.NCS. The zero-order valence-corrected chi connectivity index (χ0v) is 3.85. The van der Waals surface area contributed by atoms with Crippen molar-refractivity contribution in [3.05, 3.63) is 0 Å². The molecule has 0 saturated heterocycles. The maximum atomic E-state index is 4.71. The minimum absolute atomic E-state index is 0. The van der Waals surface area contributed by atoms with E-state index >= 15 is 0 Å². The van der Waals surface area contributed by atoms with Gasteiger partial charge < -0.3 is 5.73 Å². The molecule has 0 radical (unpaired) electrons. The van der Waals surface area contributed by atoms with Crippen molar-refractivity contribution in [3.63, 3.8) is 0 Å². The molecule has 0 heterocycles. The molecule has 0 amide bonds. The van der Waals surface area contributed by atoms with Gasteiger partial charge >= 0.3 is 0 Å². The highest BCUT2D eigenvalue weighted by Crippen LogP contribution is 1.45.